The smallest absolute Gasteiger partial charge is 0.185 e. The van der Waals surface area contributed by atoms with E-state index in [1.165, 1.54) is 10.4 Å². The molecule has 1 aromatic heterocycles. The van der Waals surface area contributed by atoms with E-state index in [0.717, 1.165) is 31.2 Å². The standard InChI is InChI=1S/C17H25N3S/c1-4-11-18-14(3)16-12-19-17(21-16)20(5-2)13-15-9-7-6-8-10-15/h6-10,12,14,18H,4-5,11,13H2,1-3H3. The van der Waals surface area contributed by atoms with Crippen LogP contribution in [0.25, 0.3) is 0 Å². The van der Waals surface area contributed by atoms with Crippen molar-refractivity contribution < 1.29 is 0 Å². The third-order valence-corrected chi connectivity index (χ3v) is 4.75. The van der Waals surface area contributed by atoms with Gasteiger partial charge in [-0.3, -0.25) is 0 Å². The first-order valence-electron chi connectivity index (χ1n) is 7.72. The molecule has 0 radical (unpaired) electrons. The van der Waals surface area contributed by atoms with Crippen LogP contribution in [0.15, 0.2) is 36.5 Å². The maximum atomic E-state index is 4.62. The molecule has 0 fully saturated rings. The van der Waals surface area contributed by atoms with Gasteiger partial charge in [0.2, 0.25) is 0 Å². The Labute approximate surface area is 132 Å². The third-order valence-electron chi connectivity index (χ3n) is 3.51. The van der Waals surface area contributed by atoms with Gasteiger partial charge in [-0.2, -0.15) is 0 Å². The zero-order valence-electron chi connectivity index (χ0n) is 13.2. The van der Waals surface area contributed by atoms with Crippen molar-refractivity contribution in [3.63, 3.8) is 0 Å². The van der Waals surface area contributed by atoms with Crippen LogP contribution in [0, 0.1) is 0 Å². The number of thiazole rings is 1. The van der Waals surface area contributed by atoms with Gasteiger partial charge in [-0.1, -0.05) is 37.3 Å². The average molecular weight is 303 g/mol. The number of anilines is 1. The number of hydrogen-bond acceptors (Lipinski definition) is 4. The minimum Gasteiger partial charge on any atom is -0.344 e. The Morgan fingerprint density at radius 1 is 1.24 bits per heavy atom. The summed E-state index contributed by atoms with van der Waals surface area (Å²) in [5, 5.41) is 4.63. The highest BCUT2D eigenvalue weighted by Crippen LogP contribution is 2.28. The molecule has 114 valence electrons. The van der Waals surface area contributed by atoms with E-state index >= 15 is 0 Å². The molecule has 2 rings (SSSR count). The lowest BCUT2D eigenvalue weighted by atomic mass is 10.2. The van der Waals surface area contributed by atoms with E-state index in [-0.39, 0.29) is 0 Å². The van der Waals surface area contributed by atoms with Gasteiger partial charge in [-0.25, -0.2) is 4.98 Å². The number of aromatic nitrogens is 1. The summed E-state index contributed by atoms with van der Waals surface area (Å²) in [5.41, 5.74) is 1.33. The van der Waals surface area contributed by atoms with Gasteiger partial charge in [0.15, 0.2) is 5.13 Å². The largest absolute Gasteiger partial charge is 0.344 e. The molecule has 4 heteroatoms. The van der Waals surface area contributed by atoms with Gasteiger partial charge in [0, 0.05) is 30.2 Å². The normalized spacial score (nSPS) is 12.3. The summed E-state index contributed by atoms with van der Waals surface area (Å²) in [7, 11) is 0. The Morgan fingerprint density at radius 2 is 2.00 bits per heavy atom. The first-order chi connectivity index (χ1) is 10.2. The second-order valence-electron chi connectivity index (χ2n) is 5.22. The fraction of sp³-hybridized carbons (Fsp3) is 0.471. The number of nitrogens with one attached hydrogen (secondary N) is 1. The van der Waals surface area contributed by atoms with Crippen LogP contribution in [-0.4, -0.2) is 18.1 Å². The molecule has 0 amide bonds. The van der Waals surface area contributed by atoms with Crippen molar-refractivity contribution >= 4 is 16.5 Å². The van der Waals surface area contributed by atoms with Crippen LogP contribution in [0.1, 0.15) is 43.7 Å². The predicted octanol–water partition coefficient (Wildman–Crippen LogP) is 4.23. The minimum atomic E-state index is 0.381. The minimum absolute atomic E-state index is 0.381. The van der Waals surface area contributed by atoms with Crippen molar-refractivity contribution in [1.82, 2.24) is 10.3 Å². The highest BCUT2D eigenvalue weighted by molar-refractivity contribution is 7.15. The van der Waals surface area contributed by atoms with E-state index in [1.807, 2.05) is 6.20 Å². The van der Waals surface area contributed by atoms with Crippen LogP contribution in [-0.2, 0) is 6.54 Å². The number of benzene rings is 1. The summed E-state index contributed by atoms with van der Waals surface area (Å²) in [5.74, 6) is 0. The molecule has 1 unspecified atom stereocenters. The topological polar surface area (TPSA) is 28.2 Å². The van der Waals surface area contributed by atoms with Crippen LogP contribution in [0.5, 0.6) is 0 Å². The van der Waals surface area contributed by atoms with Gasteiger partial charge in [0.25, 0.3) is 0 Å². The zero-order chi connectivity index (χ0) is 15.1. The maximum Gasteiger partial charge on any atom is 0.185 e. The molecule has 3 nitrogen and oxygen atoms in total. The van der Waals surface area contributed by atoms with Gasteiger partial charge in [-0.05, 0) is 32.4 Å². The molecule has 0 spiro atoms. The van der Waals surface area contributed by atoms with Crippen molar-refractivity contribution in [2.75, 3.05) is 18.0 Å². The van der Waals surface area contributed by atoms with Crippen molar-refractivity contribution in [2.45, 2.75) is 39.8 Å². The van der Waals surface area contributed by atoms with Gasteiger partial charge in [-0.15, -0.1) is 11.3 Å². The van der Waals surface area contributed by atoms with Crippen LogP contribution in [0.4, 0.5) is 5.13 Å². The Bertz CT molecular complexity index is 524. The molecule has 1 N–H and O–H groups in total. The van der Waals surface area contributed by atoms with Crippen molar-refractivity contribution in [3.05, 3.63) is 47.0 Å². The summed E-state index contributed by atoms with van der Waals surface area (Å²) in [6.07, 6.45) is 3.17. The van der Waals surface area contributed by atoms with E-state index in [0.29, 0.717) is 6.04 Å². The van der Waals surface area contributed by atoms with Gasteiger partial charge >= 0.3 is 0 Å². The lowest BCUT2D eigenvalue weighted by Gasteiger charge is -2.19. The summed E-state index contributed by atoms with van der Waals surface area (Å²) >= 11 is 1.80. The van der Waals surface area contributed by atoms with Crippen molar-refractivity contribution in [2.24, 2.45) is 0 Å². The fourth-order valence-corrected chi connectivity index (χ4v) is 3.21. The molecule has 2 aromatic rings. The van der Waals surface area contributed by atoms with Gasteiger partial charge in [0.1, 0.15) is 0 Å². The summed E-state index contributed by atoms with van der Waals surface area (Å²) < 4.78 is 0. The zero-order valence-corrected chi connectivity index (χ0v) is 14.0. The van der Waals surface area contributed by atoms with E-state index in [9.17, 15) is 0 Å². The third kappa shape index (κ3) is 4.55. The average Bonchev–Trinajstić information content (AvgIpc) is 3.01. The first kappa shape index (κ1) is 16.0. The highest BCUT2D eigenvalue weighted by Gasteiger charge is 2.13. The summed E-state index contributed by atoms with van der Waals surface area (Å²) in [6.45, 7) is 9.52. The van der Waals surface area contributed by atoms with Crippen molar-refractivity contribution in [1.29, 1.82) is 0 Å². The van der Waals surface area contributed by atoms with Crippen LogP contribution in [0.3, 0.4) is 0 Å². The van der Waals surface area contributed by atoms with Gasteiger partial charge < -0.3 is 10.2 Å². The molecule has 0 aliphatic heterocycles. The second-order valence-corrected chi connectivity index (χ2v) is 6.26. The molecule has 1 heterocycles. The van der Waals surface area contributed by atoms with Crippen molar-refractivity contribution in [3.8, 4) is 0 Å². The fourth-order valence-electron chi connectivity index (χ4n) is 2.20. The highest BCUT2D eigenvalue weighted by atomic mass is 32.1. The number of nitrogens with zero attached hydrogens (tertiary/aromatic N) is 2. The first-order valence-corrected chi connectivity index (χ1v) is 8.54. The number of rotatable bonds is 8. The summed E-state index contributed by atoms with van der Waals surface area (Å²) in [6, 6.07) is 11.0. The lowest BCUT2D eigenvalue weighted by Crippen LogP contribution is -2.21. The quantitative estimate of drug-likeness (QED) is 0.791. The lowest BCUT2D eigenvalue weighted by molar-refractivity contribution is 0.577. The predicted molar refractivity (Wildman–Crippen MR) is 92.0 cm³/mol. The molecule has 0 aliphatic carbocycles. The van der Waals surface area contributed by atoms with Crippen LogP contribution in [0.2, 0.25) is 0 Å². The molecule has 1 aromatic carbocycles. The van der Waals surface area contributed by atoms with E-state index in [1.54, 1.807) is 11.3 Å². The molecule has 21 heavy (non-hydrogen) atoms. The molecule has 1 atom stereocenters. The SMILES string of the molecule is CCCNC(C)c1cnc(N(CC)Cc2ccccc2)s1. The molecular formula is C17H25N3S. The Kier molecular flexibility index (Phi) is 6.21. The Morgan fingerprint density at radius 3 is 2.67 bits per heavy atom. The number of hydrogen-bond donors (Lipinski definition) is 1. The van der Waals surface area contributed by atoms with Crippen LogP contribution >= 0.6 is 11.3 Å². The summed E-state index contributed by atoms with van der Waals surface area (Å²) in [4.78, 5) is 8.26. The van der Waals surface area contributed by atoms with Gasteiger partial charge in [0.05, 0.1) is 0 Å². The van der Waals surface area contributed by atoms with E-state index in [4.69, 9.17) is 0 Å². The molecule has 0 saturated heterocycles. The monoisotopic (exact) mass is 303 g/mol. The molecule has 0 bridgehead atoms. The van der Waals surface area contributed by atoms with Crippen LogP contribution < -0.4 is 10.2 Å². The second kappa shape index (κ2) is 8.15. The maximum absolute atomic E-state index is 4.62. The molecule has 0 saturated carbocycles. The molecule has 0 aliphatic rings. The van der Waals surface area contributed by atoms with E-state index < -0.39 is 0 Å². The Balaban J connectivity index is 2.04. The molecular weight excluding hydrogens is 278 g/mol. The van der Waals surface area contributed by atoms with E-state index in [2.05, 4.69) is 66.3 Å². The Hall–Kier alpha value is -1.39.